The van der Waals surface area contributed by atoms with Crippen molar-refractivity contribution in [3.63, 3.8) is 0 Å². The third-order valence-electron chi connectivity index (χ3n) is 0.477. The Hall–Kier alpha value is 0.230. The van der Waals surface area contributed by atoms with Gasteiger partial charge in [-0.3, -0.25) is 0 Å². The molecule has 0 spiro atoms. The number of carboxylic acids is 1. The maximum absolute atomic E-state index is 9.96. The Kier molecular flexibility index (Phi) is 9.44. The van der Waals surface area contributed by atoms with Crippen molar-refractivity contribution in [2.45, 2.75) is 0 Å². The van der Waals surface area contributed by atoms with Gasteiger partial charge in [0.25, 0.3) is 0 Å². The van der Waals surface area contributed by atoms with Gasteiger partial charge in [0.05, 0.1) is 5.88 Å². The van der Waals surface area contributed by atoms with Gasteiger partial charge in [0.2, 0.25) is 0 Å². The Morgan fingerprint density at radius 3 is 2.30 bits per heavy atom. The molecular weight excluding hydrogens is 170 g/mol. The van der Waals surface area contributed by atoms with Crippen molar-refractivity contribution in [1.29, 1.82) is 0 Å². The van der Waals surface area contributed by atoms with Gasteiger partial charge in [0.1, 0.15) is 6.61 Å². The molecule has 0 fully saturated rings. The summed E-state index contributed by atoms with van der Waals surface area (Å²) in [6.45, 7) is -0.103. The van der Waals surface area contributed by atoms with Crippen molar-refractivity contribution in [3.05, 3.63) is 0 Å². The van der Waals surface area contributed by atoms with Gasteiger partial charge in [-0.05, 0) is 0 Å². The minimum absolute atomic E-state index is 0. The molecule has 0 heterocycles. The van der Waals surface area contributed by atoms with Crippen molar-refractivity contribution >= 4 is 23.5 Å². The molecule has 0 aromatic heterocycles. The summed E-state index contributed by atoms with van der Waals surface area (Å²) in [5, 5.41) is 9.58. The molecule has 0 aliphatic carbocycles. The van der Waals surface area contributed by atoms with E-state index in [2.05, 4.69) is 4.74 Å². The van der Waals surface area contributed by atoms with Crippen molar-refractivity contribution < 1.29 is 49.0 Å². The van der Waals surface area contributed by atoms with Gasteiger partial charge in [-0.15, -0.1) is 11.6 Å². The van der Waals surface area contributed by atoms with Gasteiger partial charge in [0.15, 0.2) is 5.97 Å². The summed E-state index contributed by atoms with van der Waals surface area (Å²) in [5.41, 5.74) is 0. The minimum atomic E-state index is -1.85. The van der Waals surface area contributed by atoms with Gasteiger partial charge in [0, 0.05) is 0 Å². The second-order valence-electron chi connectivity index (χ2n) is 1.11. The van der Waals surface area contributed by atoms with Crippen LogP contribution in [0, 0.1) is 0 Å². The van der Waals surface area contributed by atoms with Gasteiger partial charge < -0.3 is 14.6 Å². The molecule has 0 aromatic rings. The second-order valence-corrected chi connectivity index (χ2v) is 1.49. The average molecular weight is 175 g/mol. The first-order valence-electron chi connectivity index (χ1n) is 2.12. The Labute approximate surface area is 84.8 Å². The molecule has 0 rings (SSSR count). The van der Waals surface area contributed by atoms with Crippen LogP contribution in [0.1, 0.15) is 0 Å². The molecule has 0 amide bonds. The number of halogens is 1. The first kappa shape index (κ1) is 12.9. The number of esters is 1. The van der Waals surface area contributed by atoms with Crippen molar-refractivity contribution in [3.8, 4) is 0 Å². The first-order valence-corrected chi connectivity index (χ1v) is 2.66. The van der Waals surface area contributed by atoms with E-state index < -0.39 is 11.9 Å². The van der Waals surface area contributed by atoms with E-state index in [0.717, 1.165) is 0 Å². The first-order chi connectivity index (χ1) is 4.18. The van der Waals surface area contributed by atoms with Crippen LogP contribution in [-0.4, -0.2) is 24.4 Å². The van der Waals surface area contributed by atoms with E-state index in [0.29, 0.717) is 0 Å². The van der Waals surface area contributed by atoms with Gasteiger partial charge in [-0.25, -0.2) is 4.79 Å². The van der Waals surface area contributed by atoms with Crippen LogP contribution < -0.4 is 34.7 Å². The molecule has 0 radical (unpaired) electrons. The summed E-state index contributed by atoms with van der Waals surface area (Å²) in [6, 6.07) is 0. The topological polar surface area (TPSA) is 66.4 Å². The minimum Gasteiger partial charge on any atom is -0.539 e. The molecule has 0 N–H and O–H groups in total. The maximum atomic E-state index is 9.96. The zero-order chi connectivity index (χ0) is 7.28. The van der Waals surface area contributed by atoms with E-state index in [4.69, 9.17) is 11.6 Å². The van der Waals surface area contributed by atoms with Crippen LogP contribution in [-0.2, 0) is 14.3 Å². The Morgan fingerprint density at radius 2 is 2.00 bits per heavy atom. The molecule has 0 bridgehead atoms. The fraction of sp³-hybridized carbons (Fsp3) is 0.500. The molecule has 0 aliphatic rings. The fourth-order valence-electron chi connectivity index (χ4n) is 0.190. The molecule has 0 aromatic carbocycles. The predicted octanol–water partition coefficient (Wildman–Crippen LogP) is -4.48. The van der Waals surface area contributed by atoms with E-state index in [-0.39, 0.29) is 42.0 Å². The molecule has 52 valence electrons. The van der Waals surface area contributed by atoms with Crippen LogP contribution in [0.4, 0.5) is 0 Å². The number of aliphatic carboxylic acids is 1. The van der Waals surface area contributed by atoms with Crippen molar-refractivity contribution in [2.24, 2.45) is 0 Å². The summed E-state index contributed by atoms with van der Waals surface area (Å²) >= 11 is 5.06. The molecule has 0 saturated heterocycles. The molecule has 0 aliphatic heterocycles. The number of hydrogen-bond donors (Lipinski definition) is 0. The fourth-order valence-corrected chi connectivity index (χ4v) is 0.267. The zero-order valence-corrected chi connectivity index (χ0v) is 8.18. The number of ether oxygens (including phenoxy) is 1. The molecule has 0 atom stereocenters. The second kappa shape index (κ2) is 7.34. The average Bonchev–Trinajstić information content (AvgIpc) is 1.82. The van der Waals surface area contributed by atoms with E-state index in [1.165, 1.54) is 0 Å². The summed E-state index contributed by atoms with van der Waals surface area (Å²) in [7, 11) is 0. The Bertz CT molecular complexity index is 126. The number of carbonyl (C=O) groups excluding carboxylic acids is 2. The van der Waals surface area contributed by atoms with Gasteiger partial charge in [-0.1, -0.05) is 0 Å². The smallest absolute Gasteiger partial charge is 0.539 e. The van der Waals surface area contributed by atoms with Crippen LogP contribution >= 0.6 is 11.6 Å². The number of carbonyl (C=O) groups is 2. The normalized spacial score (nSPS) is 7.70. The SMILES string of the molecule is O=C([O-])C(=O)OCCCl.[Na+]. The Morgan fingerprint density at radius 1 is 1.50 bits per heavy atom. The Balaban J connectivity index is 0. The van der Waals surface area contributed by atoms with E-state index >= 15 is 0 Å². The molecule has 4 nitrogen and oxygen atoms in total. The van der Waals surface area contributed by atoms with Crippen LogP contribution in [0.3, 0.4) is 0 Å². The van der Waals surface area contributed by atoms with E-state index in [1.54, 1.807) is 0 Å². The predicted molar refractivity (Wildman–Crippen MR) is 26.7 cm³/mol. The largest absolute Gasteiger partial charge is 1.00 e. The summed E-state index contributed by atoms with van der Waals surface area (Å²) in [4.78, 5) is 19.5. The number of rotatable bonds is 2. The maximum Gasteiger partial charge on any atom is 1.00 e. The summed E-state index contributed by atoms with van der Waals surface area (Å²) in [6.07, 6.45) is 0. The standard InChI is InChI=1S/C4H5ClO4.Na/c5-1-2-9-4(8)3(6)7;/h1-2H2,(H,6,7);/q;+1/p-1. The van der Waals surface area contributed by atoms with Crippen LogP contribution in [0.5, 0.6) is 0 Å². The van der Waals surface area contributed by atoms with Crippen LogP contribution in [0.15, 0.2) is 0 Å². The summed E-state index contributed by atoms with van der Waals surface area (Å²) in [5.74, 6) is -3.14. The number of alkyl halides is 1. The molecular formula is C4H4ClNaO4. The molecule has 10 heavy (non-hydrogen) atoms. The van der Waals surface area contributed by atoms with E-state index in [1.807, 2.05) is 0 Å². The third kappa shape index (κ3) is 6.35. The van der Waals surface area contributed by atoms with Crippen molar-refractivity contribution in [1.82, 2.24) is 0 Å². The van der Waals surface area contributed by atoms with Crippen LogP contribution in [0.25, 0.3) is 0 Å². The van der Waals surface area contributed by atoms with Crippen molar-refractivity contribution in [2.75, 3.05) is 12.5 Å². The molecule has 0 unspecified atom stereocenters. The summed E-state index contributed by atoms with van der Waals surface area (Å²) < 4.78 is 4.02. The monoisotopic (exact) mass is 174 g/mol. The molecule has 0 saturated carbocycles. The van der Waals surface area contributed by atoms with Gasteiger partial charge in [-0.2, -0.15) is 0 Å². The third-order valence-corrected chi connectivity index (χ3v) is 0.631. The quantitative estimate of drug-likeness (QED) is 0.183. The van der Waals surface area contributed by atoms with Crippen LogP contribution in [0.2, 0.25) is 0 Å². The zero-order valence-electron chi connectivity index (χ0n) is 5.43. The molecule has 6 heteroatoms. The van der Waals surface area contributed by atoms with Gasteiger partial charge >= 0.3 is 35.5 Å². The van der Waals surface area contributed by atoms with E-state index in [9.17, 15) is 14.7 Å². The number of carboxylic acid groups (broad SMARTS) is 1. The number of hydrogen-bond acceptors (Lipinski definition) is 4.